The van der Waals surface area contributed by atoms with Gasteiger partial charge in [-0.3, -0.25) is 4.98 Å². The van der Waals surface area contributed by atoms with Crippen molar-refractivity contribution in [3.63, 3.8) is 0 Å². The van der Waals surface area contributed by atoms with Crippen LogP contribution in [0.4, 0.5) is 11.4 Å². The number of hydrogen-bond acceptors (Lipinski definition) is 4. The molecule has 3 heterocycles. The summed E-state index contributed by atoms with van der Waals surface area (Å²) in [7, 11) is 0. The molecule has 0 radical (unpaired) electrons. The molecular weight excluding hydrogens is 224 g/mol. The molecular formula is C14H22N4. The summed E-state index contributed by atoms with van der Waals surface area (Å²) in [5.41, 5.74) is 8.51. The molecule has 2 saturated heterocycles. The topological polar surface area (TPSA) is 54.2 Å². The molecule has 0 atom stereocenters. The average Bonchev–Trinajstić information content (AvgIpc) is 2.42. The second kappa shape index (κ2) is 4.76. The molecule has 3 rings (SSSR count). The highest BCUT2D eigenvalue weighted by atomic mass is 15.2. The van der Waals surface area contributed by atoms with Crippen molar-refractivity contribution in [3.8, 4) is 0 Å². The summed E-state index contributed by atoms with van der Waals surface area (Å²) in [6.07, 6.45) is 8.86. The van der Waals surface area contributed by atoms with E-state index >= 15 is 0 Å². The van der Waals surface area contributed by atoms with Gasteiger partial charge in [-0.25, -0.2) is 0 Å². The van der Waals surface area contributed by atoms with Gasteiger partial charge in [0, 0.05) is 25.8 Å². The summed E-state index contributed by atoms with van der Waals surface area (Å²) in [5.74, 6) is 0. The molecule has 0 amide bonds. The van der Waals surface area contributed by atoms with E-state index in [0.29, 0.717) is 5.41 Å². The number of anilines is 2. The van der Waals surface area contributed by atoms with E-state index in [2.05, 4.69) is 15.2 Å². The van der Waals surface area contributed by atoms with Gasteiger partial charge in [0.15, 0.2) is 0 Å². The Bertz CT molecular complexity index is 402. The Kier molecular flexibility index (Phi) is 3.12. The van der Waals surface area contributed by atoms with Crippen LogP contribution in [0.3, 0.4) is 0 Å². The lowest BCUT2D eigenvalue weighted by atomic mass is 9.73. The standard InChI is InChI=1S/C14H22N4/c15-12-10-16-7-2-13(12)18-8-4-14(5-9-18)3-1-6-17-11-14/h2,7,10,17H,1,3-6,8-9,11,15H2. The summed E-state index contributed by atoms with van der Waals surface area (Å²) in [6, 6.07) is 2.03. The normalized spacial score (nSPS) is 23.2. The number of pyridine rings is 1. The van der Waals surface area contributed by atoms with E-state index in [-0.39, 0.29) is 0 Å². The maximum Gasteiger partial charge on any atom is 0.0738 e. The van der Waals surface area contributed by atoms with Crippen LogP contribution in [0.5, 0.6) is 0 Å². The van der Waals surface area contributed by atoms with Gasteiger partial charge in [0.05, 0.1) is 17.6 Å². The molecule has 2 aliphatic rings. The molecule has 3 N–H and O–H groups in total. The Labute approximate surface area is 109 Å². The molecule has 0 bridgehead atoms. The smallest absolute Gasteiger partial charge is 0.0738 e. The summed E-state index contributed by atoms with van der Waals surface area (Å²) in [4.78, 5) is 6.47. The van der Waals surface area contributed by atoms with Crippen LogP contribution in [-0.2, 0) is 0 Å². The second-order valence-corrected chi connectivity index (χ2v) is 5.70. The van der Waals surface area contributed by atoms with Crippen molar-refractivity contribution >= 4 is 11.4 Å². The molecule has 0 aliphatic carbocycles. The molecule has 18 heavy (non-hydrogen) atoms. The van der Waals surface area contributed by atoms with Crippen molar-refractivity contribution in [2.24, 2.45) is 5.41 Å². The third-order valence-electron chi connectivity index (χ3n) is 4.55. The Morgan fingerprint density at radius 2 is 2.11 bits per heavy atom. The molecule has 0 unspecified atom stereocenters. The van der Waals surface area contributed by atoms with Crippen LogP contribution in [0.1, 0.15) is 25.7 Å². The van der Waals surface area contributed by atoms with Crippen molar-refractivity contribution in [1.82, 2.24) is 10.3 Å². The lowest BCUT2D eigenvalue weighted by molar-refractivity contribution is 0.161. The third kappa shape index (κ3) is 2.17. The SMILES string of the molecule is Nc1cnccc1N1CCC2(CCCNC2)CC1. The van der Waals surface area contributed by atoms with Crippen molar-refractivity contribution in [2.75, 3.05) is 36.8 Å². The molecule has 2 aliphatic heterocycles. The van der Waals surface area contributed by atoms with Crippen LogP contribution < -0.4 is 16.0 Å². The number of nitrogens with two attached hydrogens (primary N) is 1. The fraction of sp³-hybridized carbons (Fsp3) is 0.643. The third-order valence-corrected chi connectivity index (χ3v) is 4.55. The minimum atomic E-state index is 0.552. The summed E-state index contributed by atoms with van der Waals surface area (Å²) in [6.45, 7) is 4.64. The summed E-state index contributed by atoms with van der Waals surface area (Å²) in [5, 5.41) is 3.56. The lowest BCUT2D eigenvalue weighted by Crippen LogP contribution is -2.48. The molecule has 0 saturated carbocycles. The highest BCUT2D eigenvalue weighted by molar-refractivity contribution is 5.66. The van der Waals surface area contributed by atoms with Gasteiger partial charge in [-0.1, -0.05) is 0 Å². The average molecular weight is 246 g/mol. The minimum absolute atomic E-state index is 0.552. The molecule has 1 spiro atoms. The first-order chi connectivity index (χ1) is 8.79. The van der Waals surface area contributed by atoms with Gasteiger partial charge in [-0.2, -0.15) is 0 Å². The second-order valence-electron chi connectivity index (χ2n) is 5.70. The van der Waals surface area contributed by atoms with E-state index in [1.807, 2.05) is 12.3 Å². The van der Waals surface area contributed by atoms with Crippen LogP contribution >= 0.6 is 0 Å². The van der Waals surface area contributed by atoms with E-state index in [9.17, 15) is 0 Å². The van der Waals surface area contributed by atoms with Gasteiger partial charge >= 0.3 is 0 Å². The van der Waals surface area contributed by atoms with E-state index in [4.69, 9.17) is 5.73 Å². The first kappa shape index (κ1) is 11.8. The number of hydrogen-bond donors (Lipinski definition) is 2. The molecule has 98 valence electrons. The monoisotopic (exact) mass is 246 g/mol. The van der Waals surface area contributed by atoms with Crippen LogP contribution in [0, 0.1) is 5.41 Å². The molecule has 4 heteroatoms. The minimum Gasteiger partial charge on any atom is -0.396 e. The number of nitrogens with zero attached hydrogens (tertiary/aromatic N) is 2. The van der Waals surface area contributed by atoms with Gasteiger partial charge < -0.3 is 16.0 Å². The summed E-state index contributed by atoms with van der Waals surface area (Å²) >= 11 is 0. The molecule has 1 aromatic rings. The van der Waals surface area contributed by atoms with E-state index in [1.165, 1.54) is 38.8 Å². The van der Waals surface area contributed by atoms with Gasteiger partial charge in [0.2, 0.25) is 0 Å². The quantitative estimate of drug-likeness (QED) is 0.791. The van der Waals surface area contributed by atoms with Gasteiger partial charge in [0.25, 0.3) is 0 Å². The maximum atomic E-state index is 6.00. The van der Waals surface area contributed by atoms with Crippen molar-refractivity contribution in [1.29, 1.82) is 0 Å². The molecule has 4 nitrogen and oxygen atoms in total. The molecule has 0 aromatic carbocycles. The Morgan fingerprint density at radius 1 is 1.28 bits per heavy atom. The van der Waals surface area contributed by atoms with Crippen molar-refractivity contribution in [3.05, 3.63) is 18.5 Å². The zero-order valence-corrected chi connectivity index (χ0v) is 10.9. The number of rotatable bonds is 1. The predicted molar refractivity (Wildman–Crippen MR) is 74.6 cm³/mol. The number of nitrogens with one attached hydrogen (secondary N) is 1. The zero-order chi connectivity index (χ0) is 12.4. The zero-order valence-electron chi connectivity index (χ0n) is 10.9. The Morgan fingerprint density at radius 3 is 2.78 bits per heavy atom. The first-order valence-corrected chi connectivity index (χ1v) is 6.94. The van der Waals surface area contributed by atoms with Crippen molar-refractivity contribution in [2.45, 2.75) is 25.7 Å². The van der Waals surface area contributed by atoms with Crippen LogP contribution in [0.25, 0.3) is 0 Å². The van der Waals surface area contributed by atoms with E-state index in [0.717, 1.165) is 24.5 Å². The van der Waals surface area contributed by atoms with Crippen LogP contribution in [-0.4, -0.2) is 31.2 Å². The number of nitrogen functional groups attached to an aromatic ring is 1. The molecule has 1 aromatic heterocycles. The Balaban J connectivity index is 1.68. The van der Waals surface area contributed by atoms with Crippen LogP contribution in [0.15, 0.2) is 18.5 Å². The largest absolute Gasteiger partial charge is 0.396 e. The predicted octanol–water partition coefficient (Wildman–Crippen LogP) is 1.63. The lowest BCUT2D eigenvalue weighted by Gasteiger charge is -2.45. The number of piperidine rings is 2. The van der Waals surface area contributed by atoms with Gasteiger partial charge in [-0.05, 0) is 43.7 Å². The molecule has 2 fully saturated rings. The van der Waals surface area contributed by atoms with Gasteiger partial charge in [-0.15, -0.1) is 0 Å². The van der Waals surface area contributed by atoms with Crippen molar-refractivity contribution < 1.29 is 0 Å². The van der Waals surface area contributed by atoms with E-state index in [1.54, 1.807) is 6.20 Å². The Hall–Kier alpha value is -1.29. The highest BCUT2D eigenvalue weighted by Gasteiger charge is 2.35. The maximum absolute atomic E-state index is 6.00. The fourth-order valence-electron chi connectivity index (χ4n) is 3.37. The van der Waals surface area contributed by atoms with Gasteiger partial charge in [0.1, 0.15) is 0 Å². The fourth-order valence-corrected chi connectivity index (χ4v) is 3.37. The van der Waals surface area contributed by atoms with E-state index < -0.39 is 0 Å². The number of aromatic nitrogens is 1. The first-order valence-electron chi connectivity index (χ1n) is 6.94. The highest BCUT2D eigenvalue weighted by Crippen LogP contribution is 2.39. The van der Waals surface area contributed by atoms with Crippen LogP contribution in [0.2, 0.25) is 0 Å². The summed E-state index contributed by atoms with van der Waals surface area (Å²) < 4.78 is 0.